The molecule has 0 amide bonds. The average molecular weight is 300 g/mol. The van der Waals surface area contributed by atoms with Gasteiger partial charge in [-0.2, -0.15) is 0 Å². The summed E-state index contributed by atoms with van der Waals surface area (Å²) in [6, 6.07) is 8.76. The van der Waals surface area contributed by atoms with Crippen molar-refractivity contribution in [1.82, 2.24) is 0 Å². The summed E-state index contributed by atoms with van der Waals surface area (Å²) in [5.41, 5.74) is 6.97. The molecule has 0 aliphatic rings. The van der Waals surface area contributed by atoms with Gasteiger partial charge in [0.05, 0.1) is 13.2 Å². The van der Waals surface area contributed by atoms with Crippen molar-refractivity contribution in [1.29, 1.82) is 0 Å². The Morgan fingerprint density at radius 1 is 1.11 bits per heavy atom. The van der Waals surface area contributed by atoms with E-state index in [0.29, 0.717) is 26.9 Å². The van der Waals surface area contributed by atoms with Crippen molar-refractivity contribution < 1.29 is 9.13 Å². The molecule has 2 aromatic carbocycles. The summed E-state index contributed by atoms with van der Waals surface area (Å²) in [5, 5.41) is 0.955. The Morgan fingerprint density at radius 2 is 1.84 bits per heavy atom. The van der Waals surface area contributed by atoms with E-state index in [1.54, 1.807) is 30.3 Å². The van der Waals surface area contributed by atoms with Gasteiger partial charge in [0, 0.05) is 21.7 Å². The second-order valence-corrected chi connectivity index (χ2v) is 4.87. The Kier molecular flexibility index (Phi) is 4.30. The standard InChI is InChI=1S/C14H12Cl2FNO/c1-19-9-3-4-10(13(17)7-9)14(18)11-6-8(15)2-5-12(11)16/h2-7,14H,18H2,1H3. The highest BCUT2D eigenvalue weighted by Crippen LogP contribution is 2.31. The Hall–Kier alpha value is -1.29. The molecular formula is C14H12Cl2FNO. The van der Waals surface area contributed by atoms with Gasteiger partial charge in [0.25, 0.3) is 0 Å². The molecule has 19 heavy (non-hydrogen) atoms. The van der Waals surface area contributed by atoms with Crippen molar-refractivity contribution in [3.05, 3.63) is 63.4 Å². The quantitative estimate of drug-likeness (QED) is 0.922. The summed E-state index contributed by atoms with van der Waals surface area (Å²) >= 11 is 12.0. The maximum Gasteiger partial charge on any atom is 0.132 e. The molecule has 1 atom stereocenters. The van der Waals surface area contributed by atoms with Crippen LogP contribution >= 0.6 is 23.2 Å². The van der Waals surface area contributed by atoms with Crippen LogP contribution in [0.15, 0.2) is 36.4 Å². The van der Waals surface area contributed by atoms with Crippen molar-refractivity contribution in [3.8, 4) is 5.75 Å². The van der Waals surface area contributed by atoms with Gasteiger partial charge < -0.3 is 10.5 Å². The van der Waals surface area contributed by atoms with E-state index in [2.05, 4.69) is 0 Å². The highest BCUT2D eigenvalue weighted by atomic mass is 35.5. The topological polar surface area (TPSA) is 35.2 Å². The monoisotopic (exact) mass is 299 g/mol. The predicted molar refractivity (Wildman–Crippen MR) is 75.4 cm³/mol. The van der Waals surface area contributed by atoms with Crippen LogP contribution in [0.2, 0.25) is 10.0 Å². The van der Waals surface area contributed by atoms with Gasteiger partial charge in [0.15, 0.2) is 0 Å². The SMILES string of the molecule is COc1ccc(C(N)c2cc(Cl)ccc2Cl)c(F)c1. The first-order chi connectivity index (χ1) is 9.02. The van der Waals surface area contributed by atoms with Crippen molar-refractivity contribution in [2.24, 2.45) is 5.73 Å². The molecule has 0 aliphatic heterocycles. The highest BCUT2D eigenvalue weighted by molar-refractivity contribution is 6.33. The molecule has 0 aromatic heterocycles. The lowest BCUT2D eigenvalue weighted by atomic mass is 9.99. The van der Waals surface area contributed by atoms with Gasteiger partial charge >= 0.3 is 0 Å². The summed E-state index contributed by atoms with van der Waals surface area (Å²) in [5.74, 6) is -0.00599. The number of hydrogen-bond acceptors (Lipinski definition) is 2. The average Bonchev–Trinajstić information content (AvgIpc) is 2.40. The van der Waals surface area contributed by atoms with E-state index in [-0.39, 0.29) is 0 Å². The van der Waals surface area contributed by atoms with E-state index < -0.39 is 11.9 Å². The number of ether oxygens (including phenoxy) is 1. The molecule has 0 bridgehead atoms. The van der Waals surface area contributed by atoms with E-state index in [0.717, 1.165) is 0 Å². The molecule has 100 valence electrons. The third kappa shape index (κ3) is 3.00. The van der Waals surface area contributed by atoms with Crippen LogP contribution in [-0.4, -0.2) is 7.11 Å². The van der Waals surface area contributed by atoms with Crippen molar-refractivity contribution in [2.45, 2.75) is 6.04 Å². The maximum atomic E-state index is 14.0. The molecule has 2 rings (SSSR count). The number of nitrogens with two attached hydrogens (primary N) is 1. The lowest BCUT2D eigenvalue weighted by Gasteiger charge is -2.16. The van der Waals surface area contributed by atoms with E-state index >= 15 is 0 Å². The minimum atomic E-state index is -0.683. The molecule has 0 aliphatic carbocycles. The molecule has 0 fully saturated rings. The molecule has 0 heterocycles. The molecule has 2 N–H and O–H groups in total. The third-order valence-corrected chi connectivity index (χ3v) is 3.42. The van der Waals surface area contributed by atoms with Crippen LogP contribution in [0.5, 0.6) is 5.75 Å². The largest absolute Gasteiger partial charge is 0.497 e. The number of benzene rings is 2. The Balaban J connectivity index is 2.43. The van der Waals surface area contributed by atoms with Gasteiger partial charge in [-0.3, -0.25) is 0 Å². The van der Waals surface area contributed by atoms with Gasteiger partial charge in [-0.05, 0) is 29.8 Å². The summed E-state index contributed by atoms with van der Waals surface area (Å²) in [7, 11) is 1.47. The van der Waals surface area contributed by atoms with Crippen LogP contribution in [0, 0.1) is 5.82 Å². The van der Waals surface area contributed by atoms with E-state index in [1.165, 1.54) is 13.2 Å². The van der Waals surface area contributed by atoms with Crippen LogP contribution in [0.4, 0.5) is 4.39 Å². The fraction of sp³-hybridized carbons (Fsp3) is 0.143. The molecule has 2 aromatic rings. The van der Waals surface area contributed by atoms with Crippen LogP contribution in [0.25, 0.3) is 0 Å². The lowest BCUT2D eigenvalue weighted by Crippen LogP contribution is -2.14. The highest BCUT2D eigenvalue weighted by Gasteiger charge is 2.17. The summed E-state index contributed by atoms with van der Waals surface area (Å²) in [6.07, 6.45) is 0. The maximum absolute atomic E-state index is 14.0. The van der Waals surface area contributed by atoms with Gasteiger partial charge in [0.2, 0.25) is 0 Å². The number of halogens is 3. The van der Waals surface area contributed by atoms with E-state index in [9.17, 15) is 4.39 Å². The summed E-state index contributed by atoms with van der Waals surface area (Å²) in [4.78, 5) is 0. The molecule has 2 nitrogen and oxygen atoms in total. The van der Waals surface area contributed by atoms with E-state index in [1.807, 2.05) is 0 Å². The second-order valence-electron chi connectivity index (χ2n) is 4.03. The zero-order valence-corrected chi connectivity index (χ0v) is 11.7. The Morgan fingerprint density at radius 3 is 2.47 bits per heavy atom. The molecular weight excluding hydrogens is 288 g/mol. The van der Waals surface area contributed by atoms with E-state index in [4.69, 9.17) is 33.7 Å². The van der Waals surface area contributed by atoms with Crippen molar-refractivity contribution in [3.63, 3.8) is 0 Å². The first-order valence-corrected chi connectivity index (χ1v) is 6.32. The fourth-order valence-electron chi connectivity index (χ4n) is 1.81. The zero-order chi connectivity index (χ0) is 14.0. The third-order valence-electron chi connectivity index (χ3n) is 2.84. The molecule has 0 saturated carbocycles. The minimum Gasteiger partial charge on any atom is -0.497 e. The Labute approximate surface area is 120 Å². The van der Waals surface area contributed by atoms with Gasteiger partial charge in [-0.15, -0.1) is 0 Å². The molecule has 5 heteroatoms. The number of methoxy groups -OCH3 is 1. The zero-order valence-electron chi connectivity index (χ0n) is 10.2. The Bertz CT molecular complexity index is 604. The van der Waals surface area contributed by atoms with Crippen LogP contribution in [0.3, 0.4) is 0 Å². The van der Waals surface area contributed by atoms with Gasteiger partial charge in [-0.25, -0.2) is 4.39 Å². The van der Waals surface area contributed by atoms with Crippen molar-refractivity contribution >= 4 is 23.2 Å². The van der Waals surface area contributed by atoms with Crippen LogP contribution in [-0.2, 0) is 0 Å². The first-order valence-electron chi connectivity index (χ1n) is 5.57. The minimum absolute atomic E-state index is 0.338. The van der Waals surface area contributed by atoms with Crippen molar-refractivity contribution in [2.75, 3.05) is 7.11 Å². The summed E-state index contributed by atoms with van der Waals surface area (Å²) < 4.78 is 18.9. The molecule has 0 saturated heterocycles. The first kappa shape index (κ1) is 14.1. The summed E-state index contributed by atoms with van der Waals surface area (Å²) in [6.45, 7) is 0. The lowest BCUT2D eigenvalue weighted by molar-refractivity contribution is 0.410. The smallest absolute Gasteiger partial charge is 0.132 e. The predicted octanol–water partition coefficient (Wildman–Crippen LogP) is 4.19. The molecule has 0 spiro atoms. The molecule has 0 radical (unpaired) electrons. The van der Waals surface area contributed by atoms with Crippen LogP contribution in [0.1, 0.15) is 17.2 Å². The van der Waals surface area contributed by atoms with Crippen LogP contribution < -0.4 is 10.5 Å². The fourth-order valence-corrected chi connectivity index (χ4v) is 2.22. The second kappa shape index (κ2) is 5.78. The normalized spacial score (nSPS) is 12.3. The number of rotatable bonds is 3. The van der Waals surface area contributed by atoms with Gasteiger partial charge in [0.1, 0.15) is 11.6 Å². The molecule has 1 unspecified atom stereocenters. The van der Waals surface area contributed by atoms with Gasteiger partial charge in [-0.1, -0.05) is 29.3 Å². The number of hydrogen-bond donors (Lipinski definition) is 1.